The summed E-state index contributed by atoms with van der Waals surface area (Å²) in [7, 11) is 1.96. The number of anilines is 2. The molecule has 0 radical (unpaired) electrons. The van der Waals surface area contributed by atoms with E-state index in [9.17, 15) is 0 Å². The molecule has 5 rings (SSSR count). The fraction of sp³-hybridized carbons (Fsp3) is 0.500. The van der Waals surface area contributed by atoms with Crippen molar-refractivity contribution in [3.05, 3.63) is 23.9 Å². The third-order valence-electron chi connectivity index (χ3n) is 5.43. The molecule has 1 aliphatic carbocycles. The number of imidazole rings is 1. The molecule has 3 aromatic heterocycles. The first-order valence-electron chi connectivity index (χ1n) is 9.30. The van der Waals surface area contributed by atoms with Gasteiger partial charge in [-0.1, -0.05) is 11.8 Å². The third kappa shape index (κ3) is 2.80. The molecule has 140 valence electrons. The monoisotopic (exact) mass is 382 g/mol. The lowest BCUT2D eigenvalue weighted by Gasteiger charge is -2.36. The van der Waals surface area contributed by atoms with Gasteiger partial charge < -0.3 is 14.4 Å². The van der Waals surface area contributed by atoms with Gasteiger partial charge in [-0.3, -0.25) is 0 Å². The van der Waals surface area contributed by atoms with Crippen molar-refractivity contribution >= 4 is 34.6 Å². The molecular weight excluding hydrogens is 360 g/mol. The van der Waals surface area contributed by atoms with Crippen molar-refractivity contribution in [1.29, 1.82) is 0 Å². The van der Waals surface area contributed by atoms with Gasteiger partial charge >= 0.3 is 0 Å². The summed E-state index contributed by atoms with van der Waals surface area (Å²) < 4.78 is 1.94. The predicted octanol–water partition coefficient (Wildman–Crippen LogP) is 1.69. The lowest BCUT2D eigenvalue weighted by atomic mass is 10.2. The Labute approximate surface area is 162 Å². The second-order valence-electron chi connectivity index (χ2n) is 7.01. The van der Waals surface area contributed by atoms with Crippen molar-refractivity contribution in [3.8, 4) is 0 Å². The molecule has 0 amide bonds. The molecule has 2 aliphatic rings. The number of piperazine rings is 1. The Bertz CT molecular complexity index is 992. The molecule has 0 saturated carbocycles. The molecular formula is C18H22N8S. The van der Waals surface area contributed by atoms with Crippen LogP contribution in [0.5, 0.6) is 0 Å². The van der Waals surface area contributed by atoms with Crippen LogP contribution in [-0.4, -0.2) is 61.9 Å². The minimum Gasteiger partial charge on any atom is -0.353 e. The molecule has 0 atom stereocenters. The zero-order valence-electron chi connectivity index (χ0n) is 15.6. The van der Waals surface area contributed by atoms with Crippen LogP contribution in [-0.2, 0) is 19.9 Å². The third-order valence-corrected chi connectivity index (χ3v) is 5.98. The first-order chi connectivity index (χ1) is 13.2. The fourth-order valence-electron chi connectivity index (χ4n) is 4.04. The summed E-state index contributed by atoms with van der Waals surface area (Å²) >= 11 is 1.63. The van der Waals surface area contributed by atoms with Gasteiger partial charge in [0, 0.05) is 38.8 Å². The number of thioether (sulfide) groups is 1. The SMILES string of the molecule is CSc1nc2c(c(N3CCN(c4ncnc5c4ncn5C)CC3)n1)CCC2. The van der Waals surface area contributed by atoms with Crippen LogP contribution >= 0.6 is 11.8 Å². The van der Waals surface area contributed by atoms with Gasteiger partial charge in [-0.05, 0) is 25.5 Å². The number of aromatic nitrogens is 6. The summed E-state index contributed by atoms with van der Waals surface area (Å²) in [6, 6.07) is 0. The second kappa shape index (κ2) is 6.63. The normalized spacial score (nSPS) is 17.0. The van der Waals surface area contributed by atoms with Crippen molar-refractivity contribution in [2.24, 2.45) is 7.05 Å². The smallest absolute Gasteiger partial charge is 0.189 e. The van der Waals surface area contributed by atoms with Crippen LogP contribution < -0.4 is 9.80 Å². The number of hydrogen-bond acceptors (Lipinski definition) is 8. The highest BCUT2D eigenvalue weighted by Gasteiger charge is 2.27. The van der Waals surface area contributed by atoms with Crippen molar-refractivity contribution in [3.63, 3.8) is 0 Å². The van der Waals surface area contributed by atoms with Crippen LogP contribution in [0.2, 0.25) is 0 Å². The Morgan fingerprint density at radius 1 is 0.926 bits per heavy atom. The molecule has 8 nitrogen and oxygen atoms in total. The highest BCUT2D eigenvalue weighted by Crippen LogP contribution is 2.32. The van der Waals surface area contributed by atoms with E-state index in [-0.39, 0.29) is 0 Å². The van der Waals surface area contributed by atoms with E-state index in [1.807, 2.05) is 17.9 Å². The maximum Gasteiger partial charge on any atom is 0.189 e. The van der Waals surface area contributed by atoms with E-state index >= 15 is 0 Å². The molecule has 1 aliphatic heterocycles. The zero-order chi connectivity index (χ0) is 18.4. The average Bonchev–Trinajstić information content (AvgIpc) is 3.34. The molecule has 0 N–H and O–H groups in total. The van der Waals surface area contributed by atoms with Crippen LogP contribution in [0, 0.1) is 0 Å². The molecule has 0 unspecified atom stereocenters. The van der Waals surface area contributed by atoms with E-state index in [2.05, 4.69) is 24.8 Å². The fourth-order valence-corrected chi connectivity index (χ4v) is 4.42. The topological polar surface area (TPSA) is 75.9 Å². The molecule has 0 spiro atoms. The Morgan fingerprint density at radius 2 is 1.70 bits per heavy atom. The molecule has 9 heteroatoms. The van der Waals surface area contributed by atoms with E-state index in [0.29, 0.717) is 0 Å². The van der Waals surface area contributed by atoms with Gasteiger partial charge in [-0.25, -0.2) is 24.9 Å². The number of hydrogen-bond donors (Lipinski definition) is 0. The highest BCUT2D eigenvalue weighted by molar-refractivity contribution is 7.98. The second-order valence-corrected chi connectivity index (χ2v) is 7.79. The van der Waals surface area contributed by atoms with Gasteiger partial charge in [0.05, 0.1) is 12.0 Å². The van der Waals surface area contributed by atoms with Gasteiger partial charge in [0.15, 0.2) is 22.1 Å². The molecule has 1 fully saturated rings. The minimum absolute atomic E-state index is 0.876. The summed E-state index contributed by atoms with van der Waals surface area (Å²) in [6.45, 7) is 3.65. The number of rotatable bonds is 3. The molecule has 0 bridgehead atoms. The summed E-state index contributed by atoms with van der Waals surface area (Å²) in [5.74, 6) is 2.07. The van der Waals surface area contributed by atoms with Gasteiger partial charge in [0.2, 0.25) is 0 Å². The molecule has 3 aromatic rings. The summed E-state index contributed by atoms with van der Waals surface area (Å²) in [4.78, 5) is 27.7. The Hall–Kier alpha value is -2.42. The van der Waals surface area contributed by atoms with Crippen LogP contribution in [0.4, 0.5) is 11.6 Å². The van der Waals surface area contributed by atoms with Crippen LogP contribution in [0.15, 0.2) is 17.8 Å². The maximum atomic E-state index is 4.86. The summed E-state index contributed by atoms with van der Waals surface area (Å²) in [5, 5.41) is 0.888. The van der Waals surface area contributed by atoms with E-state index in [1.165, 1.54) is 17.7 Å². The van der Waals surface area contributed by atoms with Crippen LogP contribution in [0.25, 0.3) is 11.2 Å². The quantitative estimate of drug-likeness (QED) is 0.500. The Morgan fingerprint density at radius 3 is 2.48 bits per heavy atom. The first kappa shape index (κ1) is 16.7. The molecule has 1 saturated heterocycles. The van der Waals surface area contributed by atoms with Gasteiger partial charge in [0.25, 0.3) is 0 Å². The maximum absolute atomic E-state index is 4.86. The number of aryl methyl sites for hydroxylation is 2. The number of nitrogens with zero attached hydrogens (tertiary/aromatic N) is 8. The minimum atomic E-state index is 0.876. The van der Waals surface area contributed by atoms with E-state index < -0.39 is 0 Å². The zero-order valence-corrected chi connectivity index (χ0v) is 16.4. The average molecular weight is 382 g/mol. The van der Waals surface area contributed by atoms with Crippen molar-refractivity contribution in [2.75, 3.05) is 42.2 Å². The predicted molar refractivity (Wildman–Crippen MR) is 107 cm³/mol. The lowest BCUT2D eigenvalue weighted by Crippen LogP contribution is -2.47. The summed E-state index contributed by atoms with van der Waals surface area (Å²) in [6.07, 6.45) is 8.84. The van der Waals surface area contributed by atoms with Crippen LogP contribution in [0.3, 0.4) is 0 Å². The Kier molecular flexibility index (Phi) is 4.11. The summed E-state index contributed by atoms with van der Waals surface area (Å²) in [5.41, 5.74) is 4.36. The lowest BCUT2D eigenvalue weighted by molar-refractivity contribution is 0.636. The highest BCUT2D eigenvalue weighted by atomic mass is 32.2. The van der Waals surface area contributed by atoms with Gasteiger partial charge in [-0.2, -0.15) is 0 Å². The van der Waals surface area contributed by atoms with E-state index in [0.717, 1.165) is 67.0 Å². The number of fused-ring (bicyclic) bond motifs is 2. The van der Waals surface area contributed by atoms with Crippen molar-refractivity contribution in [2.45, 2.75) is 24.4 Å². The first-order valence-corrected chi connectivity index (χ1v) is 10.5. The van der Waals surface area contributed by atoms with Gasteiger partial charge in [-0.15, -0.1) is 0 Å². The Balaban J connectivity index is 1.40. The van der Waals surface area contributed by atoms with Crippen molar-refractivity contribution in [1.82, 2.24) is 29.5 Å². The molecule has 4 heterocycles. The van der Waals surface area contributed by atoms with Crippen LogP contribution in [0.1, 0.15) is 17.7 Å². The standard InChI is InChI=1S/C18H22N8S/c1-24-11-21-14-16(24)19-10-20-17(14)26-8-6-25(7-9-26)15-12-4-3-5-13(12)22-18(23-15)27-2/h10-11H,3-9H2,1-2H3. The van der Waals surface area contributed by atoms with Crippen molar-refractivity contribution < 1.29 is 0 Å². The molecule has 27 heavy (non-hydrogen) atoms. The van der Waals surface area contributed by atoms with Gasteiger partial charge in [0.1, 0.15) is 12.1 Å². The van der Waals surface area contributed by atoms with E-state index in [4.69, 9.17) is 9.97 Å². The largest absolute Gasteiger partial charge is 0.353 e. The molecule has 0 aromatic carbocycles. The van der Waals surface area contributed by atoms with E-state index in [1.54, 1.807) is 24.4 Å².